The average molecular weight is 240 g/mol. The highest BCUT2D eigenvalue weighted by molar-refractivity contribution is 4.83. The molecule has 100 valence electrons. The van der Waals surface area contributed by atoms with E-state index in [9.17, 15) is 0 Å². The molecule has 0 spiro atoms. The quantitative estimate of drug-likeness (QED) is 0.787. The first kappa shape index (κ1) is 13.3. The summed E-state index contributed by atoms with van der Waals surface area (Å²) in [5, 5.41) is 7.35. The second-order valence-corrected chi connectivity index (χ2v) is 5.90. The second kappa shape index (κ2) is 6.72. The smallest absolute Gasteiger partial charge is 0.0620 e. The molecule has 1 saturated carbocycles. The lowest BCUT2D eigenvalue weighted by Crippen LogP contribution is -2.48. The molecular formula is C14H28N2O. The van der Waals surface area contributed by atoms with Crippen LogP contribution in [0, 0.1) is 5.92 Å². The lowest BCUT2D eigenvalue weighted by molar-refractivity contribution is 0.0700. The fourth-order valence-corrected chi connectivity index (χ4v) is 3.20. The van der Waals surface area contributed by atoms with E-state index in [1.807, 2.05) is 0 Å². The Kier molecular flexibility index (Phi) is 5.26. The van der Waals surface area contributed by atoms with Crippen LogP contribution in [0.2, 0.25) is 0 Å². The first-order chi connectivity index (χ1) is 8.25. The van der Waals surface area contributed by atoms with Gasteiger partial charge in [0.1, 0.15) is 0 Å². The van der Waals surface area contributed by atoms with E-state index in [0.717, 1.165) is 31.7 Å². The van der Waals surface area contributed by atoms with E-state index in [1.54, 1.807) is 0 Å². The molecule has 1 heterocycles. The Labute approximate surface area is 106 Å². The third-order valence-corrected chi connectivity index (χ3v) is 4.25. The summed E-state index contributed by atoms with van der Waals surface area (Å²) in [5.74, 6) is 0.849. The predicted octanol–water partition coefficient (Wildman–Crippen LogP) is 1.92. The summed E-state index contributed by atoms with van der Waals surface area (Å²) in [7, 11) is 0. The van der Waals surface area contributed by atoms with Crippen molar-refractivity contribution in [2.24, 2.45) is 5.92 Å². The van der Waals surface area contributed by atoms with E-state index in [-0.39, 0.29) is 0 Å². The third kappa shape index (κ3) is 4.23. The van der Waals surface area contributed by atoms with Crippen molar-refractivity contribution in [2.75, 3.05) is 19.8 Å². The number of ether oxygens (including phenoxy) is 1. The molecule has 1 aliphatic heterocycles. The van der Waals surface area contributed by atoms with Crippen LogP contribution >= 0.6 is 0 Å². The molecule has 0 aromatic carbocycles. The van der Waals surface area contributed by atoms with Gasteiger partial charge >= 0.3 is 0 Å². The maximum Gasteiger partial charge on any atom is 0.0620 e. The molecule has 0 aromatic rings. The van der Waals surface area contributed by atoms with Gasteiger partial charge in [-0.2, -0.15) is 0 Å². The number of rotatable bonds is 4. The molecule has 3 heteroatoms. The molecule has 4 atom stereocenters. The van der Waals surface area contributed by atoms with E-state index >= 15 is 0 Å². The Balaban J connectivity index is 1.70. The van der Waals surface area contributed by atoms with Crippen molar-refractivity contribution in [3.63, 3.8) is 0 Å². The summed E-state index contributed by atoms with van der Waals surface area (Å²) in [5.41, 5.74) is 0. The Morgan fingerprint density at radius 1 is 1.35 bits per heavy atom. The molecule has 0 amide bonds. The predicted molar refractivity (Wildman–Crippen MR) is 71.2 cm³/mol. The van der Waals surface area contributed by atoms with Gasteiger partial charge in [0.25, 0.3) is 0 Å². The number of hydrogen-bond donors (Lipinski definition) is 2. The molecule has 0 bridgehead atoms. The number of hydrogen-bond acceptors (Lipinski definition) is 3. The summed E-state index contributed by atoms with van der Waals surface area (Å²) in [6.07, 6.45) is 6.77. The van der Waals surface area contributed by atoms with Crippen molar-refractivity contribution in [3.05, 3.63) is 0 Å². The summed E-state index contributed by atoms with van der Waals surface area (Å²) in [6, 6.07) is 1.88. The zero-order valence-corrected chi connectivity index (χ0v) is 11.4. The average Bonchev–Trinajstić information content (AvgIpc) is 2.33. The van der Waals surface area contributed by atoms with Crippen LogP contribution in [0.15, 0.2) is 0 Å². The highest BCUT2D eigenvalue weighted by Gasteiger charge is 2.24. The van der Waals surface area contributed by atoms with E-state index in [4.69, 9.17) is 4.74 Å². The van der Waals surface area contributed by atoms with Gasteiger partial charge in [-0.1, -0.05) is 19.8 Å². The zero-order chi connectivity index (χ0) is 12.1. The van der Waals surface area contributed by atoms with Gasteiger partial charge in [-0.15, -0.1) is 0 Å². The molecule has 0 aromatic heterocycles. The molecule has 3 nitrogen and oxygen atoms in total. The fourth-order valence-electron chi connectivity index (χ4n) is 3.20. The normalized spacial score (nSPS) is 36.7. The summed E-state index contributed by atoms with van der Waals surface area (Å²) in [6.45, 7) is 7.48. The van der Waals surface area contributed by atoms with Crippen LogP contribution in [0.3, 0.4) is 0 Å². The first-order valence-electron chi connectivity index (χ1n) is 7.33. The van der Waals surface area contributed by atoms with Crippen LogP contribution in [-0.2, 0) is 4.74 Å². The van der Waals surface area contributed by atoms with E-state index < -0.39 is 0 Å². The molecular weight excluding hydrogens is 212 g/mol. The summed E-state index contributed by atoms with van der Waals surface area (Å²) < 4.78 is 5.50. The molecule has 1 saturated heterocycles. The van der Waals surface area contributed by atoms with Gasteiger partial charge in [-0.3, -0.25) is 0 Å². The molecule has 1 aliphatic carbocycles. The van der Waals surface area contributed by atoms with Crippen molar-refractivity contribution < 1.29 is 4.74 Å². The molecule has 2 rings (SSSR count). The van der Waals surface area contributed by atoms with Crippen LogP contribution in [0.25, 0.3) is 0 Å². The van der Waals surface area contributed by atoms with E-state index in [2.05, 4.69) is 24.5 Å². The largest absolute Gasteiger partial charge is 0.379 e. The maximum atomic E-state index is 5.50. The third-order valence-electron chi connectivity index (χ3n) is 4.25. The summed E-state index contributed by atoms with van der Waals surface area (Å²) in [4.78, 5) is 0. The Morgan fingerprint density at radius 3 is 2.88 bits per heavy atom. The molecule has 17 heavy (non-hydrogen) atoms. The molecule has 2 fully saturated rings. The van der Waals surface area contributed by atoms with Crippen LogP contribution in [0.4, 0.5) is 0 Å². The Bertz CT molecular complexity index is 216. The minimum atomic E-state index is 0.546. The highest BCUT2D eigenvalue weighted by atomic mass is 16.5. The van der Waals surface area contributed by atoms with E-state index in [0.29, 0.717) is 12.1 Å². The minimum Gasteiger partial charge on any atom is -0.379 e. The molecule has 2 N–H and O–H groups in total. The van der Waals surface area contributed by atoms with Crippen molar-refractivity contribution in [3.8, 4) is 0 Å². The van der Waals surface area contributed by atoms with Gasteiger partial charge in [-0.05, 0) is 32.1 Å². The van der Waals surface area contributed by atoms with Crippen molar-refractivity contribution >= 4 is 0 Å². The SMILES string of the molecule is CC(CC1COCCN1)NC1CCCCC1C. The number of morpholine rings is 1. The lowest BCUT2D eigenvalue weighted by Gasteiger charge is -2.34. The topological polar surface area (TPSA) is 33.3 Å². The van der Waals surface area contributed by atoms with Crippen LogP contribution < -0.4 is 10.6 Å². The van der Waals surface area contributed by atoms with Gasteiger partial charge < -0.3 is 15.4 Å². The van der Waals surface area contributed by atoms with E-state index in [1.165, 1.54) is 32.1 Å². The summed E-state index contributed by atoms with van der Waals surface area (Å²) >= 11 is 0. The molecule has 0 radical (unpaired) electrons. The standard InChI is InChI=1S/C14H28N2O/c1-11-5-3-4-6-14(11)16-12(2)9-13-10-17-8-7-15-13/h11-16H,3-10H2,1-2H3. The van der Waals surface area contributed by atoms with Gasteiger partial charge in [0.2, 0.25) is 0 Å². The maximum absolute atomic E-state index is 5.50. The van der Waals surface area contributed by atoms with Crippen LogP contribution in [-0.4, -0.2) is 37.9 Å². The van der Waals surface area contributed by atoms with Gasteiger partial charge in [0, 0.05) is 24.7 Å². The van der Waals surface area contributed by atoms with Gasteiger partial charge in [0.05, 0.1) is 13.2 Å². The number of nitrogens with one attached hydrogen (secondary N) is 2. The monoisotopic (exact) mass is 240 g/mol. The fraction of sp³-hybridized carbons (Fsp3) is 1.00. The van der Waals surface area contributed by atoms with Crippen molar-refractivity contribution in [1.82, 2.24) is 10.6 Å². The first-order valence-corrected chi connectivity index (χ1v) is 7.33. The van der Waals surface area contributed by atoms with Crippen LogP contribution in [0.5, 0.6) is 0 Å². The Hall–Kier alpha value is -0.120. The van der Waals surface area contributed by atoms with Crippen molar-refractivity contribution in [2.45, 2.75) is 64.1 Å². The van der Waals surface area contributed by atoms with Crippen LogP contribution in [0.1, 0.15) is 46.0 Å². The van der Waals surface area contributed by atoms with Crippen molar-refractivity contribution in [1.29, 1.82) is 0 Å². The lowest BCUT2D eigenvalue weighted by atomic mass is 9.85. The molecule has 4 unspecified atom stereocenters. The van der Waals surface area contributed by atoms with Gasteiger partial charge in [-0.25, -0.2) is 0 Å². The molecule has 2 aliphatic rings. The Morgan fingerprint density at radius 2 is 2.18 bits per heavy atom. The highest BCUT2D eigenvalue weighted by Crippen LogP contribution is 2.24. The van der Waals surface area contributed by atoms with Gasteiger partial charge in [0.15, 0.2) is 0 Å². The zero-order valence-electron chi connectivity index (χ0n) is 11.4. The minimum absolute atomic E-state index is 0.546. The second-order valence-electron chi connectivity index (χ2n) is 5.90.